The van der Waals surface area contributed by atoms with Crippen molar-refractivity contribution in [3.63, 3.8) is 0 Å². The van der Waals surface area contributed by atoms with Gasteiger partial charge in [-0.3, -0.25) is 14.6 Å². The second-order valence-corrected chi connectivity index (χ2v) is 21.1. The Hall–Kier alpha value is -5.37. The first-order valence-electron chi connectivity index (χ1n) is 23.5. The molecule has 3 unspecified atom stereocenters. The first-order valence-corrected chi connectivity index (χ1v) is 23.5. The fraction of sp³-hybridized carbons (Fsp3) is 0.558. The summed E-state index contributed by atoms with van der Waals surface area (Å²) in [6.07, 6.45) is -1.70. The van der Waals surface area contributed by atoms with E-state index in [1.165, 1.54) is 24.0 Å². The molecule has 20 heteroatoms. The fourth-order valence-corrected chi connectivity index (χ4v) is 9.75. The molecule has 72 heavy (non-hydrogen) atoms. The van der Waals surface area contributed by atoms with Crippen LogP contribution in [0.2, 0.25) is 0 Å². The van der Waals surface area contributed by atoms with Gasteiger partial charge in [-0.25, -0.2) is 29.1 Å². The molecule has 4 aliphatic rings. The summed E-state index contributed by atoms with van der Waals surface area (Å²) in [7, 11) is 5.70. The number of likely N-dealkylation sites (tertiary alicyclic amines) is 2. The van der Waals surface area contributed by atoms with Gasteiger partial charge in [0.2, 0.25) is 0 Å². The van der Waals surface area contributed by atoms with Gasteiger partial charge in [-0.1, -0.05) is 27.7 Å². The maximum Gasteiger partial charge on any atom is 1.00 e. The van der Waals surface area contributed by atoms with Gasteiger partial charge in [0, 0.05) is 44.0 Å². The topological polar surface area (TPSA) is 212 Å². The Balaban J connectivity index is 0.000000304. The maximum absolute atomic E-state index is 13.7. The van der Waals surface area contributed by atoms with Crippen LogP contribution < -0.4 is 48.5 Å². The first-order chi connectivity index (χ1) is 32.8. The summed E-state index contributed by atoms with van der Waals surface area (Å²) in [5.74, 6) is 0.852. The first kappa shape index (κ1) is 57.5. The number of aliphatic hydroxyl groups is 1. The van der Waals surface area contributed by atoms with Crippen LogP contribution in [0.5, 0.6) is 23.0 Å². The maximum atomic E-state index is 13.7. The Bertz CT molecular complexity index is 2750. The molecule has 8 rings (SSSR count). The van der Waals surface area contributed by atoms with Crippen molar-refractivity contribution in [1.82, 2.24) is 19.8 Å². The van der Waals surface area contributed by atoms with E-state index in [4.69, 9.17) is 47.9 Å². The molecule has 383 valence electrons. The van der Waals surface area contributed by atoms with Gasteiger partial charge in [0.15, 0.2) is 11.5 Å². The summed E-state index contributed by atoms with van der Waals surface area (Å²) < 4.78 is 45.0. The number of rotatable bonds is 6. The molecule has 6 heterocycles. The van der Waals surface area contributed by atoms with E-state index in [2.05, 4.69) is 0 Å². The van der Waals surface area contributed by atoms with Gasteiger partial charge in [-0.15, -0.1) is 0 Å². The van der Waals surface area contributed by atoms with Gasteiger partial charge in [0.1, 0.15) is 51.7 Å². The SMILES string of the molecule is COC(=O)[C@@H]1CC2(CC(=O)c3c(c(C(C)C)nc4ccc(OC)cc34)O2)CN1C(=O)OC(C)(C)C.COC(=O)[C@@H]1CC2(CC(O)c3c(c(C(C)C)nc4ccc(OC)cc34)O2)CN1C(=O)OC(C)(C)C.[B].[H-].[Na+]. The average Bonchev–Trinajstić information content (AvgIpc) is 3.84. The normalized spacial score (nSPS) is 22.2. The van der Waals surface area contributed by atoms with Crippen molar-refractivity contribution in [1.29, 1.82) is 0 Å². The summed E-state index contributed by atoms with van der Waals surface area (Å²) in [5, 5.41) is 12.8. The van der Waals surface area contributed by atoms with Crippen LogP contribution in [0.25, 0.3) is 21.8 Å². The number of benzene rings is 2. The van der Waals surface area contributed by atoms with Crippen LogP contribution >= 0.6 is 0 Å². The molecular formula is C52H67BN4NaO14. The molecule has 5 atom stereocenters. The van der Waals surface area contributed by atoms with Gasteiger partial charge < -0.3 is 44.4 Å². The van der Waals surface area contributed by atoms with Crippen molar-refractivity contribution in [2.45, 2.75) is 147 Å². The van der Waals surface area contributed by atoms with Gasteiger partial charge in [0.25, 0.3) is 0 Å². The molecule has 0 saturated carbocycles. The molecule has 2 aromatic heterocycles. The van der Waals surface area contributed by atoms with Gasteiger partial charge in [0.05, 0.1) is 82.0 Å². The zero-order valence-electron chi connectivity index (χ0n) is 45.2. The predicted molar refractivity (Wildman–Crippen MR) is 264 cm³/mol. The molecule has 2 amide bonds. The summed E-state index contributed by atoms with van der Waals surface area (Å²) in [6, 6.07) is 9.13. The van der Waals surface area contributed by atoms with Crippen molar-refractivity contribution in [3.8, 4) is 23.0 Å². The number of hydrogen-bond acceptors (Lipinski definition) is 16. The Labute approximate surface area is 446 Å². The van der Waals surface area contributed by atoms with Gasteiger partial charge >= 0.3 is 53.7 Å². The van der Waals surface area contributed by atoms with E-state index < -0.39 is 64.7 Å². The number of carbonyl (C=O) groups excluding carboxylic acids is 5. The van der Waals surface area contributed by atoms with Crippen molar-refractivity contribution in [2.24, 2.45) is 0 Å². The third-order valence-corrected chi connectivity index (χ3v) is 12.8. The largest absolute Gasteiger partial charge is 1.00 e. The van der Waals surface area contributed by atoms with E-state index in [-0.39, 0.29) is 95.8 Å². The van der Waals surface area contributed by atoms with Crippen molar-refractivity contribution < 1.29 is 98.0 Å². The number of aliphatic hydroxyl groups excluding tert-OH is 1. The summed E-state index contributed by atoms with van der Waals surface area (Å²) in [6.45, 7) is 18.6. The standard InChI is InChI=1S/C26H34N2O7.C26H32N2O7.B.Na.H/c2*1-14(2)21-22-20(16-10-15(32-6)8-9-17(16)27-21)19(29)12-26(34-22)11-18(23(30)33-7)28(13-26)24(31)35-25(3,4)5;;;/h8-10,14,18-19,29H,11-13H2,1-7H3;8-10,14,18H,11-13H2,1-7H3;;;/q;;;+1;-1/t18-,19?,26?;18-,26?;;;/m00.../s1. The minimum absolute atomic E-state index is 0. The molecule has 2 saturated heterocycles. The zero-order valence-corrected chi connectivity index (χ0v) is 46.2. The number of Topliss-reactive ketones (excluding diaryl/α,β-unsaturated/α-hetero) is 1. The number of methoxy groups -OCH3 is 4. The quantitative estimate of drug-likeness (QED) is 0.151. The van der Waals surface area contributed by atoms with Crippen molar-refractivity contribution in [2.75, 3.05) is 41.5 Å². The van der Waals surface area contributed by atoms with E-state index in [0.29, 0.717) is 56.4 Å². The number of pyridine rings is 2. The minimum atomic E-state index is -1.10. The molecule has 2 spiro atoms. The monoisotopic (exact) mass is 1010 g/mol. The Kier molecular flexibility index (Phi) is 17.3. The summed E-state index contributed by atoms with van der Waals surface area (Å²) in [5.41, 5.74) is 0.281. The Morgan fingerprint density at radius 3 is 1.58 bits per heavy atom. The molecule has 1 N–H and O–H groups in total. The van der Waals surface area contributed by atoms with Crippen LogP contribution in [-0.2, 0) is 28.5 Å². The average molecular weight is 1010 g/mol. The molecule has 3 radical (unpaired) electrons. The number of carbonyl (C=O) groups is 5. The van der Waals surface area contributed by atoms with Crippen LogP contribution in [-0.4, -0.2) is 139 Å². The van der Waals surface area contributed by atoms with Crippen LogP contribution in [0.1, 0.15) is 142 Å². The number of ketones is 1. The smallest absolute Gasteiger partial charge is 1.00 e. The van der Waals surface area contributed by atoms with Crippen LogP contribution in [0.3, 0.4) is 0 Å². The second kappa shape index (κ2) is 21.6. The van der Waals surface area contributed by atoms with E-state index in [1.54, 1.807) is 67.9 Å². The molecule has 18 nitrogen and oxygen atoms in total. The molecule has 2 aromatic carbocycles. The number of nitrogens with zero attached hydrogens (tertiary/aromatic N) is 4. The van der Waals surface area contributed by atoms with Crippen LogP contribution in [0.4, 0.5) is 9.59 Å². The predicted octanol–water partition coefficient (Wildman–Crippen LogP) is 5.09. The molecule has 2 fully saturated rings. The van der Waals surface area contributed by atoms with Crippen molar-refractivity contribution in [3.05, 3.63) is 58.9 Å². The van der Waals surface area contributed by atoms with E-state index in [0.717, 1.165) is 10.9 Å². The Morgan fingerprint density at radius 2 is 1.12 bits per heavy atom. The molecule has 0 aliphatic carbocycles. The zero-order chi connectivity index (χ0) is 51.4. The third kappa shape index (κ3) is 11.5. The van der Waals surface area contributed by atoms with Gasteiger partial charge in [-0.2, -0.15) is 0 Å². The molecule has 4 aliphatic heterocycles. The van der Waals surface area contributed by atoms with Crippen LogP contribution in [0, 0.1) is 0 Å². The number of esters is 2. The third-order valence-electron chi connectivity index (χ3n) is 12.8. The fourth-order valence-electron chi connectivity index (χ4n) is 9.75. The number of fused-ring (bicyclic) bond motifs is 6. The molecule has 0 bridgehead atoms. The summed E-state index contributed by atoms with van der Waals surface area (Å²) >= 11 is 0. The number of amides is 2. The van der Waals surface area contributed by atoms with E-state index >= 15 is 0 Å². The molecular weight excluding hydrogens is 938 g/mol. The van der Waals surface area contributed by atoms with Crippen molar-refractivity contribution >= 4 is 60.1 Å². The second-order valence-electron chi connectivity index (χ2n) is 21.1. The van der Waals surface area contributed by atoms with E-state index in [9.17, 15) is 29.1 Å². The number of hydrogen-bond donors (Lipinski definition) is 1. The van der Waals surface area contributed by atoms with Crippen LogP contribution in [0.15, 0.2) is 36.4 Å². The summed E-state index contributed by atoms with van der Waals surface area (Å²) in [4.78, 5) is 77.3. The Morgan fingerprint density at radius 1 is 0.694 bits per heavy atom. The van der Waals surface area contributed by atoms with Gasteiger partial charge in [-0.05, 0) is 89.8 Å². The minimum Gasteiger partial charge on any atom is -1.00 e. The number of ether oxygens (including phenoxy) is 8. The number of aromatic nitrogens is 2. The van der Waals surface area contributed by atoms with E-state index in [1.807, 2.05) is 52.0 Å². The molecule has 4 aromatic rings.